The van der Waals surface area contributed by atoms with E-state index in [2.05, 4.69) is 9.82 Å². The minimum absolute atomic E-state index is 0.0364. The van der Waals surface area contributed by atoms with Gasteiger partial charge in [0.25, 0.3) is 10.0 Å². The first kappa shape index (κ1) is 15.3. The molecule has 3 N–H and O–H groups in total. The molecule has 0 radical (unpaired) electrons. The number of benzene rings is 1. The van der Waals surface area contributed by atoms with Crippen molar-refractivity contribution in [2.24, 2.45) is 0 Å². The Hall–Kier alpha value is -2.09. The highest BCUT2D eigenvalue weighted by molar-refractivity contribution is 7.92. The Morgan fingerprint density at radius 3 is 2.67 bits per heavy atom. The van der Waals surface area contributed by atoms with Crippen molar-refractivity contribution in [2.75, 3.05) is 10.5 Å². The maximum atomic E-state index is 13.9. The van der Waals surface area contributed by atoms with Crippen LogP contribution in [0.25, 0.3) is 0 Å². The van der Waals surface area contributed by atoms with Crippen LogP contribution >= 0.6 is 0 Å². The lowest BCUT2D eigenvalue weighted by atomic mass is 10.2. The average Bonchev–Trinajstić information content (AvgIpc) is 2.81. The molecule has 0 spiro atoms. The third kappa shape index (κ3) is 2.99. The zero-order valence-electron chi connectivity index (χ0n) is 12.0. The van der Waals surface area contributed by atoms with Gasteiger partial charge < -0.3 is 5.73 Å². The van der Waals surface area contributed by atoms with Crippen LogP contribution < -0.4 is 10.5 Å². The first-order valence-electron chi connectivity index (χ1n) is 6.34. The van der Waals surface area contributed by atoms with Crippen LogP contribution in [0.1, 0.15) is 25.5 Å². The number of nitrogens with two attached hydrogens (primary N) is 1. The van der Waals surface area contributed by atoms with Crippen LogP contribution in [0.4, 0.5) is 15.9 Å². The molecule has 2 aromatic rings. The van der Waals surface area contributed by atoms with Crippen molar-refractivity contribution in [1.82, 2.24) is 9.78 Å². The molecule has 1 aromatic carbocycles. The van der Waals surface area contributed by atoms with Gasteiger partial charge in [0.05, 0.1) is 6.20 Å². The van der Waals surface area contributed by atoms with Gasteiger partial charge in [0.2, 0.25) is 0 Å². The minimum Gasteiger partial charge on any atom is -0.398 e. The summed E-state index contributed by atoms with van der Waals surface area (Å²) in [5.41, 5.74) is 6.36. The Bertz CT molecular complexity index is 768. The summed E-state index contributed by atoms with van der Waals surface area (Å²) in [6, 6.07) is 3.69. The van der Waals surface area contributed by atoms with Crippen molar-refractivity contribution < 1.29 is 12.8 Å². The van der Waals surface area contributed by atoms with Gasteiger partial charge in [-0.25, -0.2) is 17.5 Å². The Kier molecular flexibility index (Phi) is 3.91. The number of nitrogens with zero attached hydrogens (tertiary/aromatic N) is 2. The predicted octanol–water partition coefficient (Wildman–Crippen LogP) is 2.29. The van der Waals surface area contributed by atoms with E-state index in [1.165, 1.54) is 16.9 Å². The number of aryl methyl sites for hydroxylation is 1. The summed E-state index contributed by atoms with van der Waals surface area (Å²) < 4.78 is 42.4. The van der Waals surface area contributed by atoms with Gasteiger partial charge in [-0.3, -0.25) is 4.72 Å². The van der Waals surface area contributed by atoms with Crippen LogP contribution in [0, 0.1) is 12.7 Å². The number of nitrogens with one attached hydrogen (secondary N) is 1. The van der Waals surface area contributed by atoms with Crippen LogP contribution in [-0.2, 0) is 10.0 Å². The van der Waals surface area contributed by atoms with Crippen molar-refractivity contribution >= 4 is 21.5 Å². The first-order chi connectivity index (χ1) is 9.72. The van der Waals surface area contributed by atoms with Crippen LogP contribution in [0.15, 0.2) is 29.3 Å². The molecule has 1 aromatic heterocycles. The molecule has 0 bridgehead atoms. The number of rotatable bonds is 4. The topological polar surface area (TPSA) is 90.0 Å². The number of hydrogen-bond acceptors (Lipinski definition) is 4. The first-order valence-corrected chi connectivity index (χ1v) is 7.82. The summed E-state index contributed by atoms with van der Waals surface area (Å²) in [7, 11) is -4.08. The molecule has 0 unspecified atom stereocenters. The summed E-state index contributed by atoms with van der Waals surface area (Å²) in [5.74, 6) is -0.576. The van der Waals surface area contributed by atoms with Gasteiger partial charge in [0.15, 0.2) is 0 Å². The second-order valence-corrected chi connectivity index (χ2v) is 6.65. The SMILES string of the molecule is Cc1cc(F)c(S(=O)(=O)Nc2ccnn2C(C)C)cc1N. The van der Waals surface area contributed by atoms with Gasteiger partial charge in [0, 0.05) is 17.8 Å². The summed E-state index contributed by atoms with van der Waals surface area (Å²) in [6.45, 7) is 5.32. The highest BCUT2D eigenvalue weighted by atomic mass is 32.2. The van der Waals surface area contributed by atoms with E-state index in [1.807, 2.05) is 13.8 Å². The number of sulfonamides is 1. The van der Waals surface area contributed by atoms with E-state index in [1.54, 1.807) is 6.92 Å². The van der Waals surface area contributed by atoms with Crippen LogP contribution in [0.5, 0.6) is 0 Å². The Labute approximate surface area is 122 Å². The average molecular weight is 312 g/mol. The smallest absolute Gasteiger partial charge is 0.266 e. The van der Waals surface area contributed by atoms with E-state index >= 15 is 0 Å². The van der Waals surface area contributed by atoms with Crippen LogP contribution in [-0.4, -0.2) is 18.2 Å². The van der Waals surface area contributed by atoms with E-state index in [4.69, 9.17) is 5.73 Å². The Balaban J connectivity index is 2.44. The molecule has 0 fully saturated rings. The molecule has 114 valence electrons. The Morgan fingerprint density at radius 1 is 1.38 bits per heavy atom. The largest absolute Gasteiger partial charge is 0.398 e. The van der Waals surface area contributed by atoms with Gasteiger partial charge in [-0.15, -0.1) is 0 Å². The molecule has 6 nitrogen and oxygen atoms in total. The predicted molar refractivity (Wildman–Crippen MR) is 79.0 cm³/mol. The number of aromatic nitrogens is 2. The fourth-order valence-corrected chi connectivity index (χ4v) is 3.02. The van der Waals surface area contributed by atoms with Crippen molar-refractivity contribution in [2.45, 2.75) is 31.7 Å². The summed E-state index contributed by atoms with van der Waals surface area (Å²) in [4.78, 5) is -0.484. The van der Waals surface area contributed by atoms with E-state index in [0.29, 0.717) is 5.56 Å². The van der Waals surface area contributed by atoms with Gasteiger partial charge in [-0.1, -0.05) is 0 Å². The number of halogens is 1. The van der Waals surface area contributed by atoms with Crippen LogP contribution in [0.2, 0.25) is 0 Å². The van der Waals surface area contributed by atoms with Crippen molar-refractivity contribution in [1.29, 1.82) is 0 Å². The Morgan fingerprint density at radius 2 is 2.05 bits per heavy atom. The zero-order valence-corrected chi connectivity index (χ0v) is 12.8. The normalized spacial score (nSPS) is 11.9. The molecule has 0 aliphatic heterocycles. The summed E-state index contributed by atoms with van der Waals surface area (Å²) in [5, 5.41) is 4.02. The molecule has 2 rings (SSSR count). The van der Waals surface area contributed by atoms with E-state index < -0.39 is 20.7 Å². The van der Waals surface area contributed by atoms with E-state index in [0.717, 1.165) is 12.1 Å². The van der Waals surface area contributed by atoms with Crippen molar-refractivity contribution in [3.63, 3.8) is 0 Å². The van der Waals surface area contributed by atoms with Gasteiger partial charge >= 0.3 is 0 Å². The summed E-state index contributed by atoms with van der Waals surface area (Å²) >= 11 is 0. The number of anilines is 2. The second-order valence-electron chi connectivity index (χ2n) is 5.00. The van der Waals surface area contributed by atoms with Crippen LogP contribution in [0.3, 0.4) is 0 Å². The van der Waals surface area contributed by atoms with Gasteiger partial charge in [-0.2, -0.15) is 5.10 Å². The number of nitrogen functional groups attached to an aromatic ring is 1. The molecular weight excluding hydrogens is 295 g/mol. The van der Waals surface area contributed by atoms with Gasteiger partial charge in [-0.05, 0) is 38.5 Å². The quantitative estimate of drug-likeness (QED) is 0.848. The molecule has 0 saturated heterocycles. The molecule has 1 heterocycles. The monoisotopic (exact) mass is 312 g/mol. The second kappa shape index (κ2) is 5.36. The molecule has 0 aliphatic rings. The molecular formula is C13H17FN4O2S. The molecule has 0 saturated carbocycles. The third-order valence-corrected chi connectivity index (χ3v) is 4.38. The molecule has 0 amide bonds. The molecule has 8 heteroatoms. The molecule has 0 atom stereocenters. The highest BCUT2D eigenvalue weighted by Gasteiger charge is 2.22. The zero-order chi connectivity index (χ0) is 15.8. The fourth-order valence-electron chi connectivity index (χ4n) is 1.87. The molecule has 21 heavy (non-hydrogen) atoms. The fraction of sp³-hybridized carbons (Fsp3) is 0.308. The minimum atomic E-state index is -4.08. The molecule has 0 aliphatic carbocycles. The van der Waals surface area contributed by atoms with E-state index in [-0.39, 0.29) is 17.5 Å². The maximum absolute atomic E-state index is 13.9. The maximum Gasteiger partial charge on any atom is 0.266 e. The third-order valence-electron chi connectivity index (χ3n) is 3.01. The van der Waals surface area contributed by atoms with E-state index in [9.17, 15) is 12.8 Å². The lowest BCUT2D eigenvalue weighted by molar-refractivity contribution is 0.538. The number of hydrogen-bond donors (Lipinski definition) is 2. The standard InChI is InChI=1S/C13H17FN4O2S/c1-8(2)18-13(4-5-16-18)17-21(19,20)12-7-11(15)9(3)6-10(12)14/h4-8,17H,15H2,1-3H3. The van der Waals surface area contributed by atoms with Crippen molar-refractivity contribution in [3.8, 4) is 0 Å². The van der Waals surface area contributed by atoms with Crippen molar-refractivity contribution in [3.05, 3.63) is 35.8 Å². The van der Waals surface area contributed by atoms with Gasteiger partial charge in [0.1, 0.15) is 16.5 Å². The summed E-state index contributed by atoms with van der Waals surface area (Å²) in [6.07, 6.45) is 1.47. The lowest BCUT2D eigenvalue weighted by Crippen LogP contribution is -2.18. The highest BCUT2D eigenvalue weighted by Crippen LogP contribution is 2.24. The lowest BCUT2D eigenvalue weighted by Gasteiger charge is -2.14.